The Kier molecular flexibility index (Phi) is 5.66. The third kappa shape index (κ3) is 4.64. The molecule has 2 heteroatoms. The van der Waals surface area contributed by atoms with E-state index in [1.54, 1.807) is 0 Å². The minimum atomic E-state index is 0.833. The van der Waals surface area contributed by atoms with Crippen LogP contribution in [-0.4, -0.2) is 38.3 Å². The summed E-state index contributed by atoms with van der Waals surface area (Å²) in [7, 11) is 2.19. The molecule has 1 saturated heterocycles. The molecule has 0 N–H and O–H groups in total. The predicted octanol–water partition coefficient (Wildman–Crippen LogP) is 1.76. The van der Waals surface area contributed by atoms with Crippen molar-refractivity contribution in [3.05, 3.63) is 0 Å². The van der Waals surface area contributed by atoms with E-state index in [4.69, 9.17) is 11.2 Å². The Bertz CT molecular complexity index is 179. The minimum Gasteiger partial charge on any atom is -0.381 e. The summed E-state index contributed by atoms with van der Waals surface area (Å²) in [6.07, 6.45) is 9.68. The summed E-state index contributed by atoms with van der Waals surface area (Å²) >= 11 is 0. The molecule has 1 fully saturated rings. The van der Waals surface area contributed by atoms with Crippen LogP contribution in [0, 0.1) is 18.3 Å². The van der Waals surface area contributed by atoms with Gasteiger partial charge in [-0.3, -0.25) is 0 Å². The molecule has 0 saturated carbocycles. The predicted molar refractivity (Wildman–Crippen MR) is 59.1 cm³/mol. The zero-order valence-electron chi connectivity index (χ0n) is 9.17. The zero-order chi connectivity index (χ0) is 10.2. The molecule has 2 nitrogen and oxygen atoms in total. The van der Waals surface area contributed by atoms with E-state index < -0.39 is 0 Å². The lowest BCUT2D eigenvalue weighted by molar-refractivity contribution is 0.0557. The van der Waals surface area contributed by atoms with Gasteiger partial charge in [0, 0.05) is 26.2 Å². The Balaban J connectivity index is 2.06. The standard InChI is InChI=1S/C12H21NO/c1-3-4-5-8-13(2)11-12-6-9-14-10-7-12/h1,12H,4-11H2,2H3. The molecule has 0 aromatic carbocycles. The smallest absolute Gasteiger partial charge is 0.0469 e. The van der Waals surface area contributed by atoms with Gasteiger partial charge in [-0.2, -0.15) is 0 Å². The van der Waals surface area contributed by atoms with Gasteiger partial charge in [0.05, 0.1) is 0 Å². The van der Waals surface area contributed by atoms with Crippen molar-refractivity contribution in [1.82, 2.24) is 4.90 Å². The molecule has 1 rings (SSSR count). The van der Waals surface area contributed by atoms with Gasteiger partial charge in [-0.05, 0) is 38.8 Å². The fourth-order valence-electron chi connectivity index (χ4n) is 1.91. The average Bonchev–Trinajstić information content (AvgIpc) is 2.20. The summed E-state index contributed by atoms with van der Waals surface area (Å²) in [6.45, 7) is 4.22. The third-order valence-electron chi connectivity index (χ3n) is 2.77. The van der Waals surface area contributed by atoms with E-state index in [1.807, 2.05) is 0 Å². The molecule has 0 amide bonds. The molecule has 1 aliphatic rings. The van der Waals surface area contributed by atoms with Crippen molar-refractivity contribution in [2.75, 3.05) is 33.4 Å². The van der Waals surface area contributed by atoms with Crippen molar-refractivity contribution in [2.45, 2.75) is 25.7 Å². The Morgan fingerprint density at radius 1 is 1.43 bits per heavy atom. The Morgan fingerprint density at radius 3 is 2.79 bits per heavy atom. The number of unbranched alkanes of at least 4 members (excludes halogenated alkanes) is 1. The highest BCUT2D eigenvalue weighted by atomic mass is 16.5. The Labute approximate surface area is 87.6 Å². The van der Waals surface area contributed by atoms with E-state index in [1.165, 1.54) is 19.4 Å². The van der Waals surface area contributed by atoms with Gasteiger partial charge in [-0.15, -0.1) is 12.3 Å². The van der Waals surface area contributed by atoms with E-state index in [-0.39, 0.29) is 0 Å². The van der Waals surface area contributed by atoms with Crippen LogP contribution in [-0.2, 0) is 4.74 Å². The molecule has 0 bridgehead atoms. The summed E-state index contributed by atoms with van der Waals surface area (Å²) in [5, 5.41) is 0. The van der Waals surface area contributed by atoms with Crippen LogP contribution in [0.3, 0.4) is 0 Å². The van der Waals surface area contributed by atoms with Crippen LogP contribution in [0.2, 0.25) is 0 Å². The van der Waals surface area contributed by atoms with Crippen molar-refractivity contribution in [3.63, 3.8) is 0 Å². The van der Waals surface area contributed by atoms with Gasteiger partial charge in [-0.1, -0.05) is 0 Å². The lowest BCUT2D eigenvalue weighted by Gasteiger charge is -2.26. The maximum atomic E-state index is 5.33. The van der Waals surface area contributed by atoms with Crippen LogP contribution in [0.15, 0.2) is 0 Å². The monoisotopic (exact) mass is 195 g/mol. The van der Waals surface area contributed by atoms with E-state index in [9.17, 15) is 0 Å². The summed E-state index contributed by atoms with van der Waals surface area (Å²) < 4.78 is 5.33. The van der Waals surface area contributed by atoms with E-state index in [0.717, 1.165) is 38.5 Å². The van der Waals surface area contributed by atoms with Crippen LogP contribution in [0.1, 0.15) is 25.7 Å². The fourth-order valence-corrected chi connectivity index (χ4v) is 1.91. The maximum Gasteiger partial charge on any atom is 0.0469 e. The largest absolute Gasteiger partial charge is 0.381 e. The van der Waals surface area contributed by atoms with Crippen LogP contribution in [0.4, 0.5) is 0 Å². The Morgan fingerprint density at radius 2 is 2.14 bits per heavy atom. The second kappa shape index (κ2) is 6.86. The molecule has 0 atom stereocenters. The molecule has 0 spiro atoms. The highest BCUT2D eigenvalue weighted by Gasteiger charge is 2.15. The molecule has 0 aromatic rings. The topological polar surface area (TPSA) is 12.5 Å². The molecule has 1 heterocycles. The number of ether oxygens (including phenoxy) is 1. The number of terminal acetylenes is 1. The van der Waals surface area contributed by atoms with E-state index in [2.05, 4.69) is 17.9 Å². The number of hydrogen-bond donors (Lipinski definition) is 0. The summed E-state index contributed by atoms with van der Waals surface area (Å²) in [4.78, 5) is 2.40. The number of nitrogens with zero attached hydrogens (tertiary/aromatic N) is 1. The molecule has 0 radical (unpaired) electrons. The second-order valence-corrected chi connectivity index (χ2v) is 4.13. The van der Waals surface area contributed by atoms with Gasteiger partial charge in [0.2, 0.25) is 0 Å². The van der Waals surface area contributed by atoms with Crippen molar-refractivity contribution in [3.8, 4) is 12.3 Å². The Hall–Kier alpha value is -0.520. The first-order chi connectivity index (χ1) is 6.83. The maximum absolute atomic E-state index is 5.33. The lowest BCUT2D eigenvalue weighted by atomic mass is 10.00. The fraction of sp³-hybridized carbons (Fsp3) is 0.833. The molecular weight excluding hydrogens is 174 g/mol. The van der Waals surface area contributed by atoms with Gasteiger partial charge in [0.25, 0.3) is 0 Å². The van der Waals surface area contributed by atoms with Crippen LogP contribution in [0.5, 0.6) is 0 Å². The number of hydrogen-bond acceptors (Lipinski definition) is 2. The van der Waals surface area contributed by atoms with Crippen molar-refractivity contribution >= 4 is 0 Å². The molecular formula is C12H21NO. The van der Waals surface area contributed by atoms with Gasteiger partial charge in [0.1, 0.15) is 0 Å². The van der Waals surface area contributed by atoms with Crippen LogP contribution in [0.25, 0.3) is 0 Å². The third-order valence-corrected chi connectivity index (χ3v) is 2.77. The van der Waals surface area contributed by atoms with Gasteiger partial charge < -0.3 is 9.64 Å². The summed E-state index contributed by atoms with van der Waals surface area (Å²) in [5.41, 5.74) is 0. The molecule has 0 aromatic heterocycles. The zero-order valence-corrected chi connectivity index (χ0v) is 9.17. The molecule has 0 aliphatic carbocycles. The minimum absolute atomic E-state index is 0.833. The first-order valence-electron chi connectivity index (χ1n) is 5.52. The lowest BCUT2D eigenvalue weighted by Crippen LogP contribution is -2.30. The highest BCUT2D eigenvalue weighted by molar-refractivity contribution is 4.83. The van der Waals surface area contributed by atoms with Gasteiger partial charge >= 0.3 is 0 Å². The SMILES string of the molecule is C#CCCCN(C)CC1CCOCC1. The average molecular weight is 195 g/mol. The summed E-state index contributed by atoms with van der Waals surface area (Å²) in [6, 6.07) is 0. The van der Waals surface area contributed by atoms with Crippen molar-refractivity contribution in [1.29, 1.82) is 0 Å². The van der Waals surface area contributed by atoms with Crippen molar-refractivity contribution < 1.29 is 4.74 Å². The quantitative estimate of drug-likeness (QED) is 0.489. The summed E-state index contributed by atoms with van der Waals surface area (Å²) in [5.74, 6) is 3.51. The van der Waals surface area contributed by atoms with Gasteiger partial charge in [-0.25, -0.2) is 0 Å². The van der Waals surface area contributed by atoms with Crippen molar-refractivity contribution in [2.24, 2.45) is 5.92 Å². The second-order valence-electron chi connectivity index (χ2n) is 4.13. The first kappa shape index (κ1) is 11.6. The first-order valence-corrected chi connectivity index (χ1v) is 5.52. The van der Waals surface area contributed by atoms with E-state index in [0.29, 0.717) is 0 Å². The van der Waals surface area contributed by atoms with E-state index >= 15 is 0 Å². The normalized spacial score (nSPS) is 18.4. The van der Waals surface area contributed by atoms with Gasteiger partial charge in [0.15, 0.2) is 0 Å². The molecule has 14 heavy (non-hydrogen) atoms. The highest BCUT2D eigenvalue weighted by Crippen LogP contribution is 2.15. The number of rotatable bonds is 5. The molecule has 80 valence electrons. The van der Waals surface area contributed by atoms with Crippen LogP contribution >= 0.6 is 0 Å². The van der Waals surface area contributed by atoms with Crippen LogP contribution < -0.4 is 0 Å². The molecule has 1 aliphatic heterocycles. The molecule has 0 unspecified atom stereocenters.